The number of halogens is 3. The van der Waals surface area contributed by atoms with Gasteiger partial charge in [-0.3, -0.25) is 28.8 Å². The number of nitrogens with zero attached hydrogens (tertiary/aromatic N) is 8. The van der Waals surface area contributed by atoms with Crippen molar-refractivity contribution < 1.29 is 57.1 Å². The number of nitrogens with one attached hydrogen (secondary N) is 6. The molecule has 2 saturated heterocycles. The monoisotopic (exact) mass is 1450 g/mol. The van der Waals surface area contributed by atoms with Crippen LogP contribution in [0.4, 0.5) is 20.2 Å². The molecule has 0 bridgehead atoms. The summed E-state index contributed by atoms with van der Waals surface area (Å²) in [7, 11) is -1.50. The summed E-state index contributed by atoms with van der Waals surface area (Å²) in [5, 5.41) is 47.2. The number of aryl methyl sites for hydroxylation is 4. The number of carbonyl (C=O) groups is 6. The standard InChI is InChI=1S/C37H38FN7O4.C30H33BrFN7O3.C7H7BO3/c1-3-31-28(34(42-26-13-15-49-16-14-26)29-21-41-45(4-2)35(29)44-31)20-40-37(48)33-10-6-9-32(43-33)36(47)39-19-23-11-12-30(38)27(18-23)25-8-5-7-24(17-25)22-46;1-3-24-20(27(36-19-10-12-42-13-11-19)21-17-35-39(4-2)28(21)38-24)16-34-30(41)26-7-5-6-25(37-26)29(40)33-15-18-8-9-23(32)22(31)14-18;9-5-6-2-1-3-7(4-6)8(10)11/h5-12,17-18,21-22,26H,3-4,13-16,19-20H2,1-2H3,(H,39,47)(H,40,48)(H,42,44);5-9,14,17,19H,3-4,10-13,15-16H2,1-2H3,(H,33,40)(H,34,41)(H,36,38);1-5,10-11H. The lowest BCUT2D eigenvalue weighted by molar-refractivity contribution is 0.0903. The molecule has 8 N–H and O–H groups in total. The zero-order valence-corrected chi connectivity index (χ0v) is 58.4. The molecule has 0 radical (unpaired) electrons. The van der Waals surface area contributed by atoms with Crippen molar-refractivity contribution in [3.05, 3.63) is 217 Å². The summed E-state index contributed by atoms with van der Waals surface area (Å²) in [6.45, 7) is 13.0. The number of fused-ring (bicyclic) bond motifs is 2. The topological polar surface area (TPSA) is 321 Å². The van der Waals surface area contributed by atoms with Crippen molar-refractivity contribution in [1.82, 2.24) is 60.8 Å². The number of hydrogen-bond acceptors (Lipinski definition) is 18. The van der Waals surface area contributed by atoms with E-state index in [1.54, 1.807) is 91.0 Å². The summed E-state index contributed by atoms with van der Waals surface area (Å²) >= 11 is 3.15. The maximum absolute atomic E-state index is 14.7. The first-order valence-electron chi connectivity index (χ1n) is 33.7. The number of benzene rings is 4. The molecular formula is C74H78BBrF2N14O10. The van der Waals surface area contributed by atoms with Gasteiger partial charge in [-0.25, -0.2) is 38.1 Å². The lowest BCUT2D eigenvalue weighted by atomic mass is 9.80. The number of hydrogen-bond donors (Lipinski definition) is 8. The number of aromatic nitrogens is 8. The molecule has 4 amide bonds. The van der Waals surface area contributed by atoms with E-state index in [-0.39, 0.29) is 66.9 Å². The molecule has 28 heteroatoms. The summed E-state index contributed by atoms with van der Waals surface area (Å²) in [5.41, 5.74) is 10.8. The van der Waals surface area contributed by atoms with Gasteiger partial charge in [0.2, 0.25) is 0 Å². The van der Waals surface area contributed by atoms with Crippen LogP contribution in [-0.2, 0) is 61.6 Å². The maximum atomic E-state index is 14.7. The van der Waals surface area contributed by atoms with Gasteiger partial charge in [0.05, 0.1) is 39.0 Å². The Labute approximate surface area is 596 Å². The molecule has 2 aliphatic heterocycles. The minimum atomic E-state index is -1.50. The van der Waals surface area contributed by atoms with Crippen LogP contribution in [0.15, 0.2) is 138 Å². The number of carbonyl (C=O) groups excluding carboxylic acids is 6. The van der Waals surface area contributed by atoms with Crippen molar-refractivity contribution in [2.75, 3.05) is 37.1 Å². The average Bonchev–Trinajstić information content (AvgIpc) is 1.58. The zero-order valence-electron chi connectivity index (χ0n) is 56.8. The fourth-order valence-corrected chi connectivity index (χ4v) is 12.2. The normalized spacial score (nSPS) is 13.0. The molecule has 102 heavy (non-hydrogen) atoms. The molecule has 2 aliphatic rings. The molecule has 10 aromatic rings. The van der Waals surface area contributed by atoms with Crippen molar-refractivity contribution in [2.24, 2.45) is 0 Å². The van der Waals surface area contributed by atoms with Crippen LogP contribution in [-0.4, -0.2) is 131 Å². The van der Waals surface area contributed by atoms with E-state index in [1.807, 2.05) is 49.5 Å². The van der Waals surface area contributed by atoms with Crippen molar-refractivity contribution in [1.29, 1.82) is 0 Å². The number of rotatable bonds is 24. The second-order valence-corrected chi connectivity index (χ2v) is 24.9. The molecule has 2 fully saturated rings. The summed E-state index contributed by atoms with van der Waals surface area (Å²) in [6, 6.07) is 31.7. The predicted octanol–water partition coefficient (Wildman–Crippen LogP) is 9.42. The SMILES string of the molecule is CCc1nc2c(cnn2CC)c(NC2CCOCC2)c1CNC(=O)c1cccc(C(=O)NCc2ccc(F)c(-c3cccc(C=O)c3)c2)n1.CCc1nc2c(cnn2CC)c(NC2CCOCC2)c1CNC(=O)c1cccc(C(=O)NCc2ccc(F)c(Br)c2)n1.O=Cc1cccc(B(O)O)c1. The van der Waals surface area contributed by atoms with Gasteiger partial charge in [0.25, 0.3) is 23.6 Å². The van der Waals surface area contributed by atoms with Gasteiger partial charge >= 0.3 is 7.12 Å². The van der Waals surface area contributed by atoms with Crippen LogP contribution in [0.3, 0.4) is 0 Å². The smallest absolute Gasteiger partial charge is 0.423 e. The number of aldehydes is 2. The summed E-state index contributed by atoms with van der Waals surface area (Å²) < 4.78 is 43.3. The average molecular weight is 1450 g/mol. The van der Waals surface area contributed by atoms with Crippen LogP contribution in [0.25, 0.3) is 33.2 Å². The highest BCUT2D eigenvalue weighted by atomic mass is 79.9. The molecule has 0 spiro atoms. The van der Waals surface area contributed by atoms with Gasteiger partial charge in [-0.05, 0) is 145 Å². The maximum Gasteiger partial charge on any atom is 0.488 e. The molecule has 528 valence electrons. The Morgan fingerprint density at radius 3 is 1.39 bits per heavy atom. The van der Waals surface area contributed by atoms with Gasteiger partial charge in [0.15, 0.2) is 11.3 Å². The fraction of sp³-hybridized carbons (Fsp3) is 0.297. The molecular weight excluding hydrogens is 1370 g/mol. The number of amides is 4. The second kappa shape index (κ2) is 35.7. The van der Waals surface area contributed by atoms with Gasteiger partial charge in [-0.15, -0.1) is 0 Å². The van der Waals surface area contributed by atoms with Crippen LogP contribution in [0.1, 0.15) is 150 Å². The van der Waals surface area contributed by atoms with Crippen LogP contribution in [0, 0.1) is 11.6 Å². The van der Waals surface area contributed by atoms with E-state index in [4.69, 9.17) is 29.5 Å². The van der Waals surface area contributed by atoms with E-state index >= 15 is 0 Å². The molecule has 24 nitrogen and oxygen atoms in total. The number of pyridine rings is 4. The zero-order chi connectivity index (χ0) is 72.2. The molecule has 6 aromatic heterocycles. The van der Waals surface area contributed by atoms with Crippen molar-refractivity contribution in [3.63, 3.8) is 0 Å². The molecule has 12 rings (SSSR count). The van der Waals surface area contributed by atoms with E-state index in [2.05, 4.69) is 68.0 Å². The highest BCUT2D eigenvalue weighted by molar-refractivity contribution is 9.10. The quantitative estimate of drug-likeness (QED) is 0.0206. The van der Waals surface area contributed by atoms with Crippen molar-refractivity contribution in [2.45, 2.75) is 118 Å². The largest absolute Gasteiger partial charge is 0.488 e. The third kappa shape index (κ3) is 18.7. The third-order valence-corrected chi connectivity index (χ3v) is 17.8. The van der Waals surface area contributed by atoms with E-state index in [1.165, 1.54) is 30.3 Å². The first-order chi connectivity index (χ1) is 49.5. The minimum Gasteiger partial charge on any atom is -0.423 e. The Bertz CT molecular complexity index is 4660. The molecule has 0 saturated carbocycles. The second-order valence-electron chi connectivity index (χ2n) is 24.0. The highest BCUT2D eigenvalue weighted by Gasteiger charge is 2.26. The van der Waals surface area contributed by atoms with Crippen LogP contribution >= 0.6 is 15.9 Å². The first-order valence-corrected chi connectivity index (χ1v) is 34.5. The van der Waals surface area contributed by atoms with E-state index in [9.17, 15) is 37.5 Å². The van der Waals surface area contributed by atoms with E-state index in [0.29, 0.717) is 103 Å². The van der Waals surface area contributed by atoms with Crippen LogP contribution in [0.2, 0.25) is 0 Å². The van der Waals surface area contributed by atoms with Gasteiger partial charge < -0.3 is 51.4 Å². The number of ether oxygens (including phenoxy) is 2. The molecule has 0 atom stereocenters. The van der Waals surface area contributed by atoms with Crippen LogP contribution < -0.4 is 37.4 Å². The summed E-state index contributed by atoms with van der Waals surface area (Å²) in [5.74, 6) is -2.59. The van der Waals surface area contributed by atoms with Crippen molar-refractivity contribution >= 4 is 98.2 Å². The Morgan fingerprint density at radius 2 is 0.961 bits per heavy atom. The minimum absolute atomic E-state index is 0.0693. The highest BCUT2D eigenvalue weighted by Crippen LogP contribution is 2.34. The molecule has 0 aliphatic carbocycles. The van der Waals surface area contributed by atoms with Crippen LogP contribution in [0.5, 0.6) is 0 Å². The Kier molecular flexibility index (Phi) is 26.0. The van der Waals surface area contributed by atoms with Crippen molar-refractivity contribution in [3.8, 4) is 11.1 Å². The molecule has 8 heterocycles. The van der Waals surface area contributed by atoms with E-state index < -0.39 is 36.6 Å². The van der Waals surface area contributed by atoms with Gasteiger partial charge in [0, 0.05) is 117 Å². The van der Waals surface area contributed by atoms with E-state index in [0.717, 1.165) is 87.2 Å². The summed E-state index contributed by atoms with van der Waals surface area (Å²) in [4.78, 5) is 92.4. The molecule has 0 unspecified atom stereocenters. The summed E-state index contributed by atoms with van der Waals surface area (Å²) in [6.07, 6.45) is 9.86. The fourth-order valence-electron chi connectivity index (χ4n) is 11.8. The third-order valence-electron chi connectivity index (χ3n) is 17.2. The Balaban J connectivity index is 0.000000192. The predicted molar refractivity (Wildman–Crippen MR) is 386 cm³/mol. The first kappa shape index (κ1) is 74.2. The van der Waals surface area contributed by atoms with Gasteiger partial charge in [-0.1, -0.05) is 80.6 Å². The lowest BCUT2D eigenvalue weighted by Crippen LogP contribution is -2.30. The molecule has 4 aromatic carbocycles. The Morgan fingerprint density at radius 1 is 0.539 bits per heavy atom. The van der Waals surface area contributed by atoms with Gasteiger partial charge in [0.1, 0.15) is 47.0 Å². The van der Waals surface area contributed by atoms with Gasteiger partial charge in [-0.2, -0.15) is 10.2 Å². The lowest BCUT2D eigenvalue weighted by Gasteiger charge is -2.26. The Hall–Kier alpha value is -10.5. The number of anilines is 2.